The molecule has 0 amide bonds. The molecule has 9 heteroatoms. The van der Waals surface area contributed by atoms with Crippen LogP contribution in [-0.4, -0.2) is 41.8 Å². The van der Waals surface area contributed by atoms with Crippen molar-refractivity contribution in [2.75, 3.05) is 0 Å². The summed E-state index contributed by atoms with van der Waals surface area (Å²) in [7, 11) is 0. The maximum absolute atomic E-state index is 13.9. The van der Waals surface area contributed by atoms with Gasteiger partial charge in [0.25, 0.3) is 0 Å². The molecular formula is C27H33N7O2. The summed E-state index contributed by atoms with van der Waals surface area (Å²) in [6.45, 7) is 6.42. The number of unbranched alkanes of at least 4 members (excludes halogenated alkanes) is 1. The second-order valence-corrected chi connectivity index (χ2v) is 10.3. The number of hydrogen-bond donors (Lipinski definition) is 1. The van der Waals surface area contributed by atoms with Crippen molar-refractivity contribution < 1.29 is 4.79 Å². The molecule has 0 radical (unpaired) electrons. The van der Waals surface area contributed by atoms with Crippen LogP contribution in [0.1, 0.15) is 63.8 Å². The molecule has 1 aliphatic carbocycles. The fourth-order valence-electron chi connectivity index (χ4n) is 5.74. The van der Waals surface area contributed by atoms with Crippen LogP contribution in [0, 0.1) is 11.8 Å². The number of aromatic nitrogens is 6. The molecule has 3 aromatic rings. The molecule has 1 aromatic carbocycles. The van der Waals surface area contributed by atoms with Gasteiger partial charge in [-0.05, 0) is 60.6 Å². The number of carbonyl (C=O) groups is 1. The first kappa shape index (κ1) is 24.1. The fourth-order valence-corrected chi connectivity index (χ4v) is 5.74. The van der Waals surface area contributed by atoms with E-state index in [1.165, 1.54) is 0 Å². The Kier molecular flexibility index (Phi) is 6.55. The van der Waals surface area contributed by atoms with Crippen molar-refractivity contribution in [1.29, 1.82) is 0 Å². The van der Waals surface area contributed by atoms with Crippen LogP contribution in [0.2, 0.25) is 0 Å². The zero-order valence-corrected chi connectivity index (χ0v) is 21.1. The van der Waals surface area contributed by atoms with Gasteiger partial charge in [-0.25, -0.2) is 9.89 Å². The van der Waals surface area contributed by atoms with Crippen LogP contribution in [0.5, 0.6) is 0 Å². The fraction of sp³-hybridized carbons (Fsp3) is 0.481. The van der Waals surface area contributed by atoms with Gasteiger partial charge in [0.2, 0.25) is 0 Å². The summed E-state index contributed by atoms with van der Waals surface area (Å²) in [5.74, 6) is 0.973. The van der Waals surface area contributed by atoms with Crippen LogP contribution in [0.3, 0.4) is 0 Å². The van der Waals surface area contributed by atoms with Gasteiger partial charge in [0, 0.05) is 47.7 Å². The normalized spacial score (nSPS) is 25.1. The van der Waals surface area contributed by atoms with Crippen molar-refractivity contribution in [3.05, 3.63) is 64.5 Å². The van der Waals surface area contributed by atoms with E-state index in [0.29, 0.717) is 24.7 Å². The van der Waals surface area contributed by atoms with E-state index < -0.39 is 5.41 Å². The Morgan fingerprint density at radius 3 is 2.83 bits per heavy atom. The van der Waals surface area contributed by atoms with E-state index in [1.54, 1.807) is 6.92 Å². The number of aryl methyl sites for hydroxylation is 1. The molecule has 188 valence electrons. The van der Waals surface area contributed by atoms with Crippen LogP contribution in [0.4, 0.5) is 0 Å². The molecule has 3 heterocycles. The highest BCUT2D eigenvalue weighted by atomic mass is 16.2. The van der Waals surface area contributed by atoms with Crippen LogP contribution in [-0.2, 0) is 23.2 Å². The van der Waals surface area contributed by atoms with Crippen LogP contribution >= 0.6 is 0 Å². The largest absolute Gasteiger partial charge is 0.328 e. The third-order valence-corrected chi connectivity index (χ3v) is 7.87. The zero-order valence-electron chi connectivity index (χ0n) is 21.1. The van der Waals surface area contributed by atoms with E-state index in [-0.39, 0.29) is 23.4 Å². The summed E-state index contributed by atoms with van der Waals surface area (Å²) in [6, 6.07) is 8.06. The van der Waals surface area contributed by atoms with Gasteiger partial charge < -0.3 is 0 Å². The molecule has 0 spiro atoms. The monoisotopic (exact) mass is 487 g/mol. The quantitative estimate of drug-likeness (QED) is 0.492. The summed E-state index contributed by atoms with van der Waals surface area (Å²) in [5.41, 5.74) is 2.49. The minimum atomic E-state index is -0.451. The maximum Gasteiger partial charge on any atom is 0.328 e. The number of ketones is 1. The van der Waals surface area contributed by atoms with E-state index >= 15 is 0 Å². The Bertz CT molecular complexity index is 1350. The van der Waals surface area contributed by atoms with Crippen molar-refractivity contribution >= 4 is 12.0 Å². The number of H-pyrrole nitrogens is 1. The van der Waals surface area contributed by atoms with E-state index in [4.69, 9.17) is 0 Å². The number of allylic oxidation sites excluding steroid dienone is 1. The summed E-state index contributed by atoms with van der Waals surface area (Å²) in [4.78, 5) is 30.5. The number of rotatable bonds is 9. The smallest absolute Gasteiger partial charge is 0.300 e. The molecule has 1 saturated carbocycles. The van der Waals surface area contributed by atoms with E-state index in [2.05, 4.69) is 57.7 Å². The second-order valence-electron chi connectivity index (χ2n) is 10.3. The topological polar surface area (TPSA) is 111 Å². The molecule has 5 rings (SSSR count). The van der Waals surface area contributed by atoms with E-state index in [0.717, 1.165) is 42.5 Å². The number of nitrogens with zero attached hydrogens (tertiary/aromatic N) is 6. The number of hydrogen-bond acceptors (Lipinski definition) is 6. The van der Waals surface area contributed by atoms with Gasteiger partial charge in [0.1, 0.15) is 5.78 Å². The van der Waals surface area contributed by atoms with Gasteiger partial charge in [-0.1, -0.05) is 44.5 Å². The van der Waals surface area contributed by atoms with Crippen molar-refractivity contribution in [2.24, 2.45) is 16.8 Å². The Balaban J connectivity index is 1.57. The maximum atomic E-state index is 13.9. The lowest BCUT2D eigenvalue weighted by molar-refractivity contribution is -0.127. The van der Waals surface area contributed by atoms with Gasteiger partial charge >= 0.3 is 5.69 Å². The SMILES string of the molecule is CCCCc1cn(C2C(C)CC2C(C)=O)c(=O)n1CC1(c2cccc(-c3nnn[nH]3)c2)C=CN=CC1. The lowest BCUT2D eigenvalue weighted by atomic mass is 9.69. The van der Waals surface area contributed by atoms with Crippen molar-refractivity contribution in [3.63, 3.8) is 0 Å². The number of Topliss-reactive ketones (excluding diaryl/α,β-unsaturated/α-hetero) is 1. The van der Waals surface area contributed by atoms with Crippen LogP contribution < -0.4 is 5.69 Å². The van der Waals surface area contributed by atoms with Crippen LogP contribution in [0.25, 0.3) is 11.4 Å². The summed E-state index contributed by atoms with van der Waals surface area (Å²) >= 11 is 0. The number of nitrogens with one attached hydrogen (secondary N) is 1. The predicted molar refractivity (Wildman–Crippen MR) is 138 cm³/mol. The van der Waals surface area contributed by atoms with Gasteiger partial charge in [-0.2, -0.15) is 0 Å². The minimum absolute atomic E-state index is 0.0326. The first-order valence-electron chi connectivity index (χ1n) is 12.8. The molecule has 0 saturated heterocycles. The van der Waals surface area contributed by atoms with Gasteiger partial charge in [-0.3, -0.25) is 18.9 Å². The molecule has 4 atom stereocenters. The highest BCUT2D eigenvalue weighted by molar-refractivity contribution is 5.80. The second kappa shape index (κ2) is 9.79. The lowest BCUT2D eigenvalue weighted by Gasteiger charge is -2.41. The number of imidazole rings is 1. The Morgan fingerprint density at radius 1 is 1.31 bits per heavy atom. The number of aromatic amines is 1. The number of benzene rings is 1. The zero-order chi connectivity index (χ0) is 25.3. The Hall–Kier alpha value is -3.62. The molecule has 1 N–H and O–H groups in total. The number of tetrazole rings is 1. The average Bonchev–Trinajstić information content (AvgIpc) is 3.52. The molecule has 1 aliphatic heterocycles. The van der Waals surface area contributed by atoms with Gasteiger partial charge in [-0.15, -0.1) is 5.10 Å². The molecule has 1 fully saturated rings. The molecule has 0 bridgehead atoms. The molecule has 2 aromatic heterocycles. The highest BCUT2D eigenvalue weighted by Gasteiger charge is 2.43. The molecule has 2 aliphatic rings. The Morgan fingerprint density at radius 2 is 2.17 bits per heavy atom. The van der Waals surface area contributed by atoms with Crippen molar-refractivity contribution in [2.45, 2.75) is 70.9 Å². The standard InChI is InChI=1S/C27H33N7O2/c1-4-5-9-22-16-33(24-18(2)14-23(24)19(3)35)26(36)34(22)17-27(10-12-28-13-11-27)21-8-6-7-20(15-21)25-29-31-32-30-25/h6-8,10,12-13,15-16,18,23-24H,4-5,9,11,14,17H2,1-3H3,(H,29,30,31,32). The third kappa shape index (κ3) is 4.27. The highest BCUT2D eigenvalue weighted by Crippen LogP contribution is 2.44. The van der Waals surface area contributed by atoms with Crippen molar-refractivity contribution in [1.82, 2.24) is 29.8 Å². The molecule has 36 heavy (non-hydrogen) atoms. The number of carbonyl (C=O) groups excluding carboxylic acids is 1. The van der Waals surface area contributed by atoms with Gasteiger partial charge in [0.15, 0.2) is 5.82 Å². The first-order valence-corrected chi connectivity index (χ1v) is 12.8. The molecule has 9 nitrogen and oxygen atoms in total. The van der Waals surface area contributed by atoms with Crippen molar-refractivity contribution in [3.8, 4) is 11.4 Å². The summed E-state index contributed by atoms with van der Waals surface area (Å²) < 4.78 is 3.78. The number of aliphatic imine (C=N–C) groups is 1. The third-order valence-electron chi connectivity index (χ3n) is 7.87. The summed E-state index contributed by atoms with van der Waals surface area (Å²) in [5, 5.41) is 14.3. The predicted octanol–water partition coefficient (Wildman–Crippen LogP) is 3.88. The summed E-state index contributed by atoms with van der Waals surface area (Å²) in [6.07, 6.45) is 12.2. The van der Waals surface area contributed by atoms with E-state index in [1.807, 2.05) is 39.9 Å². The first-order chi connectivity index (χ1) is 17.4. The van der Waals surface area contributed by atoms with Crippen LogP contribution in [0.15, 0.2) is 52.5 Å². The molecular weight excluding hydrogens is 454 g/mol. The minimum Gasteiger partial charge on any atom is -0.300 e. The van der Waals surface area contributed by atoms with Gasteiger partial charge in [0.05, 0.1) is 6.04 Å². The average molecular weight is 488 g/mol. The molecule has 4 unspecified atom stereocenters. The van der Waals surface area contributed by atoms with E-state index in [9.17, 15) is 9.59 Å². The Labute approximate surface area is 210 Å². The lowest BCUT2D eigenvalue weighted by Crippen LogP contribution is -2.45.